The van der Waals surface area contributed by atoms with Gasteiger partial charge < -0.3 is 5.32 Å². The zero-order valence-corrected chi connectivity index (χ0v) is 13.5. The van der Waals surface area contributed by atoms with Gasteiger partial charge in [0.15, 0.2) is 0 Å². The van der Waals surface area contributed by atoms with Gasteiger partial charge in [0.25, 0.3) is 0 Å². The summed E-state index contributed by atoms with van der Waals surface area (Å²) >= 11 is 3.58. The maximum absolute atomic E-state index is 3.58. The molecule has 2 atom stereocenters. The van der Waals surface area contributed by atoms with Crippen molar-refractivity contribution in [2.45, 2.75) is 46.0 Å². The average molecular weight is 312 g/mol. The minimum absolute atomic E-state index is 0.629. The van der Waals surface area contributed by atoms with Crippen molar-refractivity contribution in [1.29, 1.82) is 0 Å². The fourth-order valence-corrected chi connectivity index (χ4v) is 2.62. The molecule has 2 heteroatoms. The molecule has 18 heavy (non-hydrogen) atoms. The van der Waals surface area contributed by atoms with Crippen LogP contribution in [0.25, 0.3) is 0 Å². The lowest BCUT2D eigenvalue weighted by molar-refractivity contribution is 0.436. The van der Waals surface area contributed by atoms with Crippen molar-refractivity contribution in [2.24, 2.45) is 5.92 Å². The Balaban J connectivity index is 2.69. The minimum Gasteiger partial charge on any atom is -0.316 e. The van der Waals surface area contributed by atoms with Gasteiger partial charge in [0.05, 0.1) is 0 Å². The third kappa shape index (κ3) is 5.53. The van der Waals surface area contributed by atoms with Crippen LogP contribution in [0.4, 0.5) is 0 Å². The highest BCUT2D eigenvalue weighted by molar-refractivity contribution is 9.10. The lowest BCUT2D eigenvalue weighted by Crippen LogP contribution is -2.23. The van der Waals surface area contributed by atoms with E-state index in [4.69, 9.17) is 0 Å². The smallest absolute Gasteiger partial charge is 0.0178 e. The van der Waals surface area contributed by atoms with E-state index in [1.165, 1.54) is 29.3 Å². The molecule has 0 aliphatic carbocycles. The number of nitrogens with one attached hydrogen (secondary N) is 1. The van der Waals surface area contributed by atoms with Crippen LogP contribution in [0.1, 0.15) is 51.5 Å². The van der Waals surface area contributed by atoms with Crippen LogP contribution in [0.15, 0.2) is 28.7 Å². The van der Waals surface area contributed by atoms with Crippen LogP contribution in [0, 0.1) is 5.92 Å². The normalized spacial score (nSPS) is 14.4. The summed E-state index contributed by atoms with van der Waals surface area (Å²) in [7, 11) is 0. The second-order valence-corrected chi connectivity index (χ2v) is 6.12. The van der Waals surface area contributed by atoms with E-state index < -0.39 is 0 Å². The Bertz CT molecular complexity index is 338. The molecule has 0 fully saturated rings. The standard InChI is InChI=1S/C16H26BrN/c1-4-9-18-12-15(10-13(3)5-2)14-7-6-8-16(17)11-14/h6-8,11,13,15,18H,4-5,9-10,12H2,1-3H3. The molecule has 102 valence electrons. The van der Waals surface area contributed by atoms with E-state index in [2.05, 4.69) is 66.3 Å². The molecule has 0 amide bonds. The predicted octanol–water partition coefficient (Wildman–Crippen LogP) is 4.97. The summed E-state index contributed by atoms with van der Waals surface area (Å²) in [5.74, 6) is 1.42. The van der Waals surface area contributed by atoms with E-state index in [0.717, 1.165) is 19.0 Å². The van der Waals surface area contributed by atoms with Gasteiger partial charge in [-0.15, -0.1) is 0 Å². The van der Waals surface area contributed by atoms with Crippen molar-refractivity contribution in [3.8, 4) is 0 Å². The first-order valence-corrected chi connectivity index (χ1v) is 7.92. The molecular formula is C16H26BrN. The highest BCUT2D eigenvalue weighted by Crippen LogP contribution is 2.26. The zero-order chi connectivity index (χ0) is 13.4. The van der Waals surface area contributed by atoms with Gasteiger partial charge in [0, 0.05) is 11.0 Å². The lowest BCUT2D eigenvalue weighted by atomic mass is 9.88. The topological polar surface area (TPSA) is 12.0 Å². The molecule has 0 saturated carbocycles. The molecule has 0 aliphatic heterocycles. The molecule has 0 bridgehead atoms. The van der Waals surface area contributed by atoms with Crippen LogP contribution in [0.2, 0.25) is 0 Å². The molecular weight excluding hydrogens is 286 g/mol. The third-order valence-corrected chi connectivity index (χ3v) is 4.01. The largest absolute Gasteiger partial charge is 0.316 e. The minimum atomic E-state index is 0.629. The number of benzene rings is 1. The number of hydrogen-bond acceptors (Lipinski definition) is 1. The Morgan fingerprint density at radius 1 is 1.28 bits per heavy atom. The highest BCUT2D eigenvalue weighted by Gasteiger charge is 2.14. The summed E-state index contributed by atoms with van der Waals surface area (Å²) in [6.07, 6.45) is 3.73. The Morgan fingerprint density at radius 3 is 2.67 bits per heavy atom. The van der Waals surface area contributed by atoms with Gasteiger partial charge in [-0.1, -0.05) is 55.3 Å². The van der Waals surface area contributed by atoms with Gasteiger partial charge in [0.2, 0.25) is 0 Å². The Hall–Kier alpha value is -0.340. The van der Waals surface area contributed by atoms with E-state index >= 15 is 0 Å². The first kappa shape index (κ1) is 15.7. The molecule has 0 aromatic heterocycles. The summed E-state index contributed by atoms with van der Waals surface area (Å²) in [4.78, 5) is 0. The van der Waals surface area contributed by atoms with Gasteiger partial charge in [-0.25, -0.2) is 0 Å². The lowest BCUT2D eigenvalue weighted by Gasteiger charge is -2.21. The van der Waals surface area contributed by atoms with Crippen LogP contribution in [-0.4, -0.2) is 13.1 Å². The maximum Gasteiger partial charge on any atom is 0.0178 e. The molecule has 0 radical (unpaired) electrons. The molecule has 0 spiro atoms. The van der Waals surface area contributed by atoms with Gasteiger partial charge in [-0.2, -0.15) is 0 Å². The second-order valence-electron chi connectivity index (χ2n) is 5.21. The fourth-order valence-electron chi connectivity index (χ4n) is 2.20. The highest BCUT2D eigenvalue weighted by atomic mass is 79.9. The fraction of sp³-hybridized carbons (Fsp3) is 0.625. The summed E-state index contributed by atoms with van der Waals surface area (Å²) in [6, 6.07) is 8.76. The summed E-state index contributed by atoms with van der Waals surface area (Å²) in [6.45, 7) is 9.06. The monoisotopic (exact) mass is 311 g/mol. The molecule has 0 aliphatic rings. The first-order valence-electron chi connectivity index (χ1n) is 7.13. The quantitative estimate of drug-likeness (QED) is 0.668. The number of halogens is 1. The van der Waals surface area contributed by atoms with Gasteiger partial charge in [-0.3, -0.25) is 0 Å². The third-order valence-electron chi connectivity index (χ3n) is 3.52. The van der Waals surface area contributed by atoms with Crippen LogP contribution in [0.3, 0.4) is 0 Å². The van der Waals surface area contributed by atoms with Gasteiger partial charge in [0.1, 0.15) is 0 Å². The van der Waals surface area contributed by atoms with Crippen molar-refractivity contribution in [3.05, 3.63) is 34.3 Å². The van der Waals surface area contributed by atoms with Crippen LogP contribution in [-0.2, 0) is 0 Å². The van der Waals surface area contributed by atoms with Gasteiger partial charge in [-0.05, 0) is 48.9 Å². The zero-order valence-electron chi connectivity index (χ0n) is 11.9. The number of hydrogen-bond donors (Lipinski definition) is 1. The predicted molar refractivity (Wildman–Crippen MR) is 84.1 cm³/mol. The Labute approximate surface area is 120 Å². The van der Waals surface area contributed by atoms with Gasteiger partial charge >= 0.3 is 0 Å². The second kappa shape index (κ2) is 8.71. The Morgan fingerprint density at radius 2 is 2.06 bits per heavy atom. The molecule has 0 heterocycles. The van der Waals surface area contributed by atoms with Crippen LogP contribution in [0.5, 0.6) is 0 Å². The van der Waals surface area contributed by atoms with E-state index in [9.17, 15) is 0 Å². The molecule has 2 unspecified atom stereocenters. The molecule has 1 nitrogen and oxygen atoms in total. The van der Waals surface area contributed by atoms with Crippen molar-refractivity contribution in [2.75, 3.05) is 13.1 Å². The molecule has 1 rings (SSSR count). The first-order chi connectivity index (χ1) is 8.67. The van der Waals surface area contributed by atoms with E-state index in [0.29, 0.717) is 5.92 Å². The molecule has 1 N–H and O–H groups in total. The molecule has 1 aromatic rings. The summed E-state index contributed by atoms with van der Waals surface area (Å²) in [5, 5.41) is 3.57. The summed E-state index contributed by atoms with van der Waals surface area (Å²) in [5.41, 5.74) is 1.45. The van der Waals surface area contributed by atoms with E-state index in [1.807, 2.05) is 0 Å². The Kier molecular flexibility index (Phi) is 7.60. The molecule has 1 aromatic carbocycles. The SMILES string of the molecule is CCCNCC(CC(C)CC)c1cccc(Br)c1. The van der Waals surface area contributed by atoms with Crippen molar-refractivity contribution in [3.63, 3.8) is 0 Å². The number of rotatable bonds is 8. The van der Waals surface area contributed by atoms with Crippen LogP contribution < -0.4 is 5.32 Å². The maximum atomic E-state index is 3.58. The van der Waals surface area contributed by atoms with Crippen molar-refractivity contribution < 1.29 is 0 Å². The van der Waals surface area contributed by atoms with Crippen molar-refractivity contribution >= 4 is 15.9 Å². The van der Waals surface area contributed by atoms with E-state index in [1.54, 1.807) is 0 Å². The average Bonchev–Trinajstić information content (AvgIpc) is 2.37. The van der Waals surface area contributed by atoms with Crippen LogP contribution >= 0.6 is 15.9 Å². The van der Waals surface area contributed by atoms with Crippen molar-refractivity contribution in [1.82, 2.24) is 5.32 Å². The van der Waals surface area contributed by atoms with E-state index in [-0.39, 0.29) is 0 Å². The summed E-state index contributed by atoms with van der Waals surface area (Å²) < 4.78 is 1.18. The molecule has 0 saturated heterocycles.